The largest absolute Gasteiger partial charge is 0.489 e. The normalized spacial score (nSPS) is 11.0. The number of anilines is 1. The maximum absolute atomic E-state index is 12.6. The van der Waals surface area contributed by atoms with Crippen LogP contribution in [0.4, 0.5) is 5.69 Å². The molecule has 0 aromatic heterocycles. The number of amides is 1. The van der Waals surface area contributed by atoms with E-state index >= 15 is 0 Å². The molecule has 0 atom stereocenters. The van der Waals surface area contributed by atoms with Gasteiger partial charge in [0.2, 0.25) is 0 Å². The highest BCUT2D eigenvalue weighted by molar-refractivity contribution is 7.92. The second-order valence-electron chi connectivity index (χ2n) is 5.79. The highest BCUT2D eigenvalue weighted by atomic mass is 32.2. The third-order valence-corrected chi connectivity index (χ3v) is 4.71. The first kappa shape index (κ1) is 19.5. The van der Waals surface area contributed by atoms with Crippen LogP contribution in [0, 0.1) is 0 Å². The van der Waals surface area contributed by atoms with Crippen LogP contribution in [0.3, 0.4) is 0 Å². The van der Waals surface area contributed by atoms with Crippen molar-refractivity contribution in [2.24, 2.45) is 0 Å². The van der Waals surface area contributed by atoms with Crippen LogP contribution in [0.15, 0.2) is 66.1 Å². The molecule has 0 aliphatic carbocycles. The van der Waals surface area contributed by atoms with Gasteiger partial charge in [0, 0.05) is 12.1 Å². The molecule has 7 heteroatoms. The molecule has 0 heterocycles. The third kappa shape index (κ3) is 5.10. The quantitative estimate of drug-likeness (QED) is 0.695. The Hall–Kier alpha value is -2.80. The van der Waals surface area contributed by atoms with E-state index in [0.29, 0.717) is 23.5 Å². The van der Waals surface area contributed by atoms with Gasteiger partial charge in [0.05, 0.1) is 16.7 Å². The van der Waals surface area contributed by atoms with Gasteiger partial charge in [-0.1, -0.05) is 18.2 Å². The standard InChI is InChI=1S/C19H22N2O4S/c1-4-13-20-19(22)15-9-11-16(12-10-15)26(23,24)21-17-7-5-6-8-18(17)25-14(2)3/h4-12,14,21H,1,13H2,2-3H3,(H,20,22). The van der Waals surface area contributed by atoms with Gasteiger partial charge < -0.3 is 10.1 Å². The number of benzene rings is 2. The second-order valence-corrected chi connectivity index (χ2v) is 7.47. The topological polar surface area (TPSA) is 84.5 Å². The first-order valence-corrected chi connectivity index (χ1v) is 9.59. The van der Waals surface area contributed by atoms with Crippen LogP contribution in [0.1, 0.15) is 24.2 Å². The summed E-state index contributed by atoms with van der Waals surface area (Å²) in [5.41, 5.74) is 0.725. The summed E-state index contributed by atoms with van der Waals surface area (Å²) in [5, 5.41) is 2.63. The van der Waals surface area contributed by atoms with Gasteiger partial charge in [0.1, 0.15) is 5.75 Å². The molecular weight excluding hydrogens is 352 g/mol. The number of rotatable bonds is 8. The lowest BCUT2D eigenvalue weighted by molar-refractivity contribution is 0.0958. The van der Waals surface area contributed by atoms with Crippen molar-refractivity contribution in [1.29, 1.82) is 0 Å². The lowest BCUT2D eigenvalue weighted by Gasteiger charge is -2.15. The average molecular weight is 374 g/mol. The van der Waals surface area contributed by atoms with E-state index in [-0.39, 0.29) is 16.9 Å². The summed E-state index contributed by atoms with van der Waals surface area (Å²) in [6.07, 6.45) is 1.48. The molecule has 0 fully saturated rings. The van der Waals surface area contributed by atoms with Crippen LogP contribution in [-0.4, -0.2) is 27.0 Å². The molecule has 0 saturated carbocycles. The number of carbonyl (C=O) groups is 1. The van der Waals surface area contributed by atoms with Crippen LogP contribution in [0.25, 0.3) is 0 Å². The van der Waals surface area contributed by atoms with Crippen LogP contribution < -0.4 is 14.8 Å². The fourth-order valence-corrected chi connectivity index (χ4v) is 3.23. The Morgan fingerprint density at radius 1 is 1.15 bits per heavy atom. The van der Waals surface area contributed by atoms with E-state index in [1.807, 2.05) is 13.8 Å². The van der Waals surface area contributed by atoms with Crippen molar-refractivity contribution in [3.63, 3.8) is 0 Å². The number of hydrogen-bond acceptors (Lipinski definition) is 4. The molecule has 0 unspecified atom stereocenters. The van der Waals surface area contributed by atoms with Crippen molar-refractivity contribution in [2.75, 3.05) is 11.3 Å². The molecule has 2 N–H and O–H groups in total. The average Bonchev–Trinajstić information content (AvgIpc) is 2.61. The van der Waals surface area contributed by atoms with E-state index in [1.54, 1.807) is 30.3 Å². The van der Waals surface area contributed by atoms with Gasteiger partial charge in [-0.15, -0.1) is 6.58 Å². The van der Waals surface area contributed by atoms with Crippen molar-refractivity contribution in [3.05, 3.63) is 66.7 Å². The minimum atomic E-state index is -3.81. The summed E-state index contributed by atoms with van der Waals surface area (Å²) in [6.45, 7) is 7.59. The Balaban J connectivity index is 2.21. The van der Waals surface area contributed by atoms with Gasteiger partial charge in [0.15, 0.2) is 0 Å². The summed E-state index contributed by atoms with van der Waals surface area (Å²) in [5.74, 6) is 0.156. The molecule has 0 spiro atoms. The maximum atomic E-state index is 12.6. The smallest absolute Gasteiger partial charge is 0.262 e. The van der Waals surface area contributed by atoms with Crippen molar-refractivity contribution in [3.8, 4) is 5.75 Å². The third-order valence-electron chi connectivity index (χ3n) is 3.33. The fourth-order valence-electron chi connectivity index (χ4n) is 2.16. The number of para-hydroxylation sites is 2. The summed E-state index contributed by atoms with van der Waals surface area (Å²) < 4.78 is 33.4. The molecule has 2 aromatic rings. The summed E-state index contributed by atoms with van der Waals surface area (Å²) >= 11 is 0. The van der Waals surface area contributed by atoms with Gasteiger partial charge >= 0.3 is 0 Å². The molecule has 0 aliphatic rings. The molecule has 1 amide bonds. The predicted molar refractivity (Wildman–Crippen MR) is 102 cm³/mol. The van der Waals surface area contributed by atoms with E-state index in [0.717, 1.165) is 0 Å². The summed E-state index contributed by atoms with van der Waals surface area (Å²) in [6, 6.07) is 12.5. The molecule has 0 saturated heterocycles. The molecule has 2 aromatic carbocycles. The van der Waals surface area contributed by atoms with Crippen LogP contribution in [-0.2, 0) is 10.0 Å². The summed E-state index contributed by atoms with van der Waals surface area (Å²) in [7, 11) is -3.81. The Bertz CT molecular complexity index is 875. The highest BCUT2D eigenvalue weighted by Crippen LogP contribution is 2.27. The van der Waals surface area contributed by atoms with Crippen molar-refractivity contribution >= 4 is 21.6 Å². The Morgan fingerprint density at radius 2 is 1.81 bits per heavy atom. The number of sulfonamides is 1. The lowest BCUT2D eigenvalue weighted by Crippen LogP contribution is -2.23. The number of ether oxygens (including phenoxy) is 1. The molecule has 138 valence electrons. The minimum absolute atomic E-state index is 0.0529. The monoisotopic (exact) mass is 374 g/mol. The van der Waals surface area contributed by atoms with Gasteiger partial charge in [0.25, 0.3) is 15.9 Å². The Kier molecular flexibility index (Phi) is 6.41. The van der Waals surface area contributed by atoms with Gasteiger partial charge in [-0.2, -0.15) is 0 Å². The molecule has 2 rings (SSSR count). The van der Waals surface area contributed by atoms with Gasteiger partial charge in [-0.05, 0) is 50.2 Å². The molecular formula is C19H22N2O4S. The van der Waals surface area contributed by atoms with Crippen LogP contribution in [0.2, 0.25) is 0 Å². The van der Waals surface area contributed by atoms with E-state index in [4.69, 9.17) is 4.74 Å². The first-order chi connectivity index (χ1) is 12.3. The zero-order valence-electron chi connectivity index (χ0n) is 14.7. The molecule has 0 bridgehead atoms. The summed E-state index contributed by atoms with van der Waals surface area (Å²) in [4.78, 5) is 11.9. The van der Waals surface area contributed by atoms with E-state index in [2.05, 4.69) is 16.6 Å². The number of nitrogens with one attached hydrogen (secondary N) is 2. The van der Waals surface area contributed by atoms with Gasteiger partial charge in [-0.25, -0.2) is 8.42 Å². The van der Waals surface area contributed by atoms with Crippen LogP contribution in [0.5, 0.6) is 5.75 Å². The Labute approximate surface area is 153 Å². The molecule has 0 aliphatic heterocycles. The Morgan fingerprint density at radius 3 is 2.42 bits per heavy atom. The molecule has 0 radical (unpaired) electrons. The number of carbonyl (C=O) groups excluding carboxylic acids is 1. The first-order valence-electron chi connectivity index (χ1n) is 8.11. The highest BCUT2D eigenvalue weighted by Gasteiger charge is 2.17. The van der Waals surface area contributed by atoms with E-state index < -0.39 is 10.0 Å². The van der Waals surface area contributed by atoms with Crippen molar-refractivity contribution in [1.82, 2.24) is 5.32 Å². The number of hydrogen-bond donors (Lipinski definition) is 2. The second kappa shape index (κ2) is 8.53. The van der Waals surface area contributed by atoms with E-state index in [1.165, 1.54) is 24.3 Å². The minimum Gasteiger partial charge on any atom is -0.489 e. The molecule has 26 heavy (non-hydrogen) atoms. The zero-order valence-corrected chi connectivity index (χ0v) is 15.5. The molecule has 6 nitrogen and oxygen atoms in total. The fraction of sp³-hybridized carbons (Fsp3) is 0.211. The maximum Gasteiger partial charge on any atom is 0.262 e. The van der Waals surface area contributed by atoms with Crippen molar-refractivity contribution < 1.29 is 17.9 Å². The predicted octanol–water partition coefficient (Wildman–Crippen LogP) is 3.19. The van der Waals surface area contributed by atoms with Crippen LogP contribution >= 0.6 is 0 Å². The zero-order chi connectivity index (χ0) is 19.2. The van der Waals surface area contributed by atoms with Gasteiger partial charge in [-0.3, -0.25) is 9.52 Å². The van der Waals surface area contributed by atoms with E-state index in [9.17, 15) is 13.2 Å². The SMILES string of the molecule is C=CCNC(=O)c1ccc(S(=O)(=O)Nc2ccccc2OC(C)C)cc1. The lowest BCUT2D eigenvalue weighted by atomic mass is 10.2. The van der Waals surface area contributed by atoms with Crippen molar-refractivity contribution in [2.45, 2.75) is 24.8 Å².